The molecule has 20 heavy (non-hydrogen) atoms. The molecule has 0 aliphatic carbocycles. The summed E-state index contributed by atoms with van der Waals surface area (Å²) in [5.41, 5.74) is 6.64. The van der Waals surface area contributed by atoms with Crippen molar-refractivity contribution in [1.29, 1.82) is 0 Å². The van der Waals surface area contributed by atoms with Gasteiger partial charge in [0.1, 0.15) is 5.01 Å². The molecule has 0 saturated carbocycles. The third kappa shape index (κ3) is 2.59. The molecule has 2 aromatic heterocycles. The number of nitrogens with zero attached hydrogens (tertiary/aromatic N) is 4. The fourth-order valence-electron chi connectivity index (χ4n) is 2.79. The first-order chi connectivity index (χ1) is 9.63. The van der Waals surface area contributed by atoms with Gasteiger partial charge < -0.3 is 5.73 Å². The predicted molar refractivity (Wildman–Crippen MR) is 76.0 cm³/mol. The number of rotatable bonds is 4. The van der Waals surface area contributed by atoms with Crippen molar-refractivity contribution in [3.63, 3.8) is 0 Å². The second-order valence-electron chi connectivity index (χ2n) is 5.18. The van der Waals surface area contributed by atoms with Gasteiger partial charge in [-0.05, 0) is 5.56 Å². The number of likely N-dealkylation sites (tertiary alicyclic amines) is 1. The largest absolute Gasteiger partial charge is 0.369 e. The van der Waals surface area contributed by atoms with Crippen LogP contribution in [0.2, 0.25) is 0 Å². The van der Waals surface area contributed by atoms with E-state index in [9.17, 15) is 4.79 Å². The van der Waals surface area contributed by atoms with Gasteiger partial charge in [0.2, 0.25) is 5.91 Å². The van der Waals surface area contributed by atoms with Crippen molar-refractivity contribution >= 4 is 17.2 Å². The van der Waals surface area contributed by atoms with Gasteiger partial charge in [0.25, 0.3) is 0 Å². The van der Waals surface area contributed by atoms with Crippen LogP contribution in [-0.2, 0) is 18.4 Å². The van der Waals surface area contributed by atoms with Crippen LogP contribution in [0.1, 0.15) is 16.5 Å². The van der Waals surface area contributed by atoms with Crippen molar-refractivity contribution < 1.29 is 4.79 Å². The van der Waals surface area contributed by atoms with Crippen LogP contribution in [0.4, 0.5) is 0 Å². The van der Waals surface area contributed by atoms with Crippen LogP contribution in [0.5, 0.6) is 0 Å². The highest BCUT2D eigenvalue weighted by Crippen LogP contribution is 2.33. The minimum atomic E-state index is -0.236. The first-order valence-electron chi connectivity index (χ1n) is 6.52. The number of carbonyl (C=O) groups is 1. The zero-order valence-corrected chi connectivity index (χ0v) is 12.1. The lowest BCUT2D eigenvalue weighted by Crippen LogP contribution is -2.29. The van der Waals surface area contributed by atoms with Gasteiger partial charge in [-0.15, -0.1) is 11.3 Å². The zero-order valence-electron chi connectivity index (χ0n) is 11.3. The van der Waals surface area contributed by atoms with Crippen molar-refractivity contribution in [2.45, 2.75) is 12.5 Å². The Kier molecular flexibility index (Phi) is 3.54. The van der Waals surface area contributed by atoms with Crippen molar-refractivity contribution in [3.05, 3.63) is 34.5 Å². The fourth-order valence-corrected chi connectivity index (χ4v) is 3.45. The quantitative estimate of drug-likeness (QED) is 0.894. The van der Waals surface area contributed by atoms with E-state index in [4.69, 9.17) is 5.73 Å². The fraction of sp³-hybridized carbons (Fsp3) is 0.462. The maximum absolute atomic E-state index is 11.7. The monoisotopic (exact) mass is 291 g/mol. The maximum Gasteiger partial charge on any atom is 0.222 e. The summed E-state index contributed by atoms with van der Waals surface area (Å²) in [4.78, 5) is 18.2. The number of nitrogens with two attached hydrogens (primary N) is 1. The number of aromatic nitrogens is 3. The van der Waals surface area contributed by atoms with Crippen LogP contribution in [0.25, 0.3) is 0 Å². The first-order valence-corrected chi connectivity index (χ1v) is 7.40. The molecule has 1 aliphatic rings. The summed E-state index contributed by atoms with van der Waals surface area (Å²) < 4.78 is 1.76. The molecule has 6 nitrogen and oxygen atoms in total. The van der Waals surface area contributed by atoms with Crippen LogP contribution in [-0.4, -0.2) is 38.7 Å². The second-order valence-corrected chi connectivity index (χ2v) is 6.16. The number of thiazole rings is 1. The number of aryl methyl sites for hydroxylation is 1. The molecule has 0 unspecified atom stereocenters. The summed E-state index contributed by atoms with van der Waals surface area (Å²) in [6.45, 7) is 2.28. The van der Waals surface area contributed by atoms with Gasteiger partial charge in [-0.25, -0.2) is 4.98 Å². The third-order valence-electron chi connectivity index (χ3n) is 3.76. The Hall–Kier alpha value is -1.73. The van der Waals surface area contributed by atoms with E-state index in [2.05, 4.69) is 15.0 Å². The van der Waals surface area contributed by atoms with E-state index in [0.717, 1.165) is 23.7 Å². The van der Waals surface area contributed by atoms with Crippen molar-refractivity contribution in [2.75, 3.05) is 13.1 Å². The molecule has 7 heteroatoms. The van der Waals surface area contributed by atoms with Crippen LogP contribution < -0.4 is 5.73 Å². The van der Waals surface area contributed by atoms with Gasteiger partial charge in [0, 0.05) is 43.8 Å². The molecule has 1 amide bonds. The van der Waals surface area contributed by atoms with Crippen molar-refractivity contribution in [2.24, 2.45) is 18.7 Å². The van der Waals surface area contributed by atoms with Gasteiger partial charge in [-0.3, -0.25) is 14.4 Å². The first kappa shape index (κ1) is 13.3. The van der Waals surface area contributed by atoms with Crippen LogP contribution in [0.15, 0.2) is 24.0 Å². The summed E-state index contributed by atoms with van der Waals surface area (Å²) >= 11 is 1.64. The number of carbonyl (C=O) groups excluding carboxylic acids is 1. The van der Waals surface area contributed by atoms with Gasteiger partial charge >= 0.3 is 0 Å². The summed E-state index contributed by atoms with van der Waals surface area (Å²) in [5.74, 6) is -0.263. The molecule has 3 heterocycles. The number of primary amides is 1. The summed E-state index contributed by atoms with van der Waals surface area (Å²) in [6, 6.07) is 0. The molecule has 0 aromatic carbocycles. The average Bonchev–Trinajstić information content (AvgIpc) is 3.09. The molecular weight excluding hydrogens is 274 g/mol. The van der Waals surface area contributed by atoms with Gasteiger partial charge in [-0.1, -0.05) is 0 Å². The average molecular weight is 291 g/mol. The van der Waals surface area contributed by atoms with Gasteiger partial charge in [0.05, 0.1) is 18.7 Å². The third-order valence-corrected chi connectivity index (χ3v) is 4.52. The van der Waals surface area contributed by atoms with E-state index in [1.165, 1.54) is 0 Å². The number of hydrogen-bond donors (Lipinski definition) is 1. The maximum atomic E-state index is 11.7. The molecule has 3 rings (SSSR count). The highest BCUT2D eigenvalue weighted by molar-refractivity contribution is 7.09. The second kappa shape index (κ2) is 5.34. The Morgan fingerprint density at radius 1 is 1.55 bits per heavy atom. The molecule has 1 fully saturated rings. The topological polar surface area (TPSA) is 77.0 Å². The zero-order chi connectivity index (χ0) is 14.1. The van der Waals surface area contributed by atoms with E-state index in [1.54, 1.807) is 22.2 Å². The lowest BCUT2D eigenvalue weighted by atomic mass is 9.90. The Balaban J connectivity index is 1.77. The minimum Gasteiger partial charge on any atom is -0.369 e. The normalized spacial score (nSPS) is 23.2. The SMILES string of the molecule is Cn1cc([C@H]2CN(Cc3nccs3)C[C@@H]2C(N)=O)cn1. The lowest BCUT2D eigenvalue weighted by molar-refractivity contribution is -0.121. The number of amides is 1. The molecule has 0 spiro atoms. The van der Waals surface area contributed by atoms with Gasteiger partial charge in [0.15, 0.2) is 0 Å². The minimum absolute atomic E-state index is 0.126. The standard InChI is InChI=1S/C13H17N5OS/c1-17-5-9(4-16-17)10-6-18(7-11(10)13(14)19)8-12-15-2-3-20-12/h2-5,10-11H,6-8H2,1H3,(H2,14,19)/t10-,11+/m1/s1. The van der Waals surface area contributed by atoms with Crippen LogP contribution in [0.3, 0.4) is 0 Å². The van der Waals surface area contributed by atoms with E-state index < -0.39 is 0 Å². The van der Waals surface area contributed by atoms with Crippen LogP contribution in [0, 0.1) is 5.92 Å². The van der Waals surface area contributed by atoms with E-state index in [1.807, 2.05) is 24.8 Å². The highest BCUT2D eigenvalue weighted by Gasteiger charge is 2.38. The Labute approximate surface area is 121 Å². The molecule has 2 atom stereocenters. The summed E-state index contributed by atoms with van der Waals surface area (Å²) in [6.07, 6.45) is 5.60. The van der Waals surface area contributed by atoms with Gasteiger partial charge in [-0.2, -0.15) is 5.10 Å². The Bertz CT molecular complexity index is 594. The van der Waals surface area contributed by atoms with Crippen molar-refractivity contribution in [1.82, 2.24) is 19.7 Å². The summed E-state index contributed by atoms with van der Waals surface area (Å²) in [7, 11) is 1.88. The Morgan fingerprint density at radius 2 is 2.40 bits per heavy atom. The smallest absolute Gasteiger partial charge is 0.222 e. The molecule has 106 valence electrons. The molecule has 0 radical (unpaired) electrons. The molecule has 1 saturated heterocycles. The molecule has 0 bridgehead atoms. The molecule has 1 aliphatic heterocycles. The van der Waals surface area contributed by atoms with E-state index in [-0.39, 0.29) is 17.7 Å². The lowest BCUT2D eigenvalue weighted by Gasteiger charge is -2.13. The van der Waals surface area contributed by atoms with Crippen LogP contribution >= 0.6 is 11.3 Å². The van der Waals surface area contributed by atoms with Crippen molar-refractivity contribution in [3.8, 4) is 0 Å². The summed E-state index contributed by atoms with van der Waals surface area (Å²) in [5, 5.41) is 7.23. The van der Waals surface area contributed by atoms with E-state index >= 15 is 0 Å². The Morgan fingerprint density at radius 3 is 3.00 bits per heavy atom. The molecule has 2 aromatic rings. The van der Waals surface area contributed by atoms with E-state index in [0.29, 0.717) is 6.54 Å². The molecule has 2 N–H and O–H groups in total. The highest BCUT2D eigenvalue weighted by atomic mass is 32.1. The predicted octanol–water partition coefficient (Wildman–Crippen LogP) is 0.577. The molecular formula is C13H17N5OS. The number of hydrogen-bond acceptors (Lipinski definition) is 5.